The summed E-state index contributed by atoms with van der Waals surface area (Å²) in [4.78, 5) is 21.6. The Balaban J connectivity index is 2.07. The van der Waals surface area contributed by atoms with Crippen LogP contribution in [0, 0.1) is 10.1 Å². The predicted octanol–water partition coefficient (Wildman–Crippen LogP) is 2.10. The van der Waals surface area contributed by atoms with E-state index < -0.39 is 16.9 Å². The van der Waals surface area contributed by atoms with Gasteiger partial charge in [-0.25, -0.2) is 0 Å². The van der Waals surface area contributed by atoms with Gasteiger partial charge >= 0.3 is 0 Å². The third-order valence-corrected chi connectivity index (χ3v) is 4.12. The molecule has 0 aromatic heterocycles. The highest BCUT2D eigenvalue weighted by molar-refractivity contribution is 9.11. The first-order chi connectivity index (χ1) is 9.88. The Morgan fingerprint density at radius 1 is 1.48 bits per heavy atom. The summed E-state index contributed by atoms with van der Waals surface area (Å²) >= 11 is 6.44. The third-order valence-electron chi connectivity index (χ3n) is 2.95. The number of halogens is 2. The highest BCUT2D eigenvalue weighted by Gasteiger charge is 2.28. The number of ether oxygens (including phenoxy) is 1. The number of nitro benzene ring substituents is 1. The zero-order valence-electron chi connectivity index (χ0n) is 10.8. The third kappa shape index (κ3) is 4.39. The minimum atomic E-state index is -0.591. The van der Waals surface area contributed by atoms with E-state index in [9.17, 15) is 14.9 Å². The lowest BCUT2D eigenvalue weighted by molar-refractivity contribution is -0.385. The Kier molecular flexibility index (Phi) is 5.17. The van der Waals surface area contributed by atoms with E-state index in [0.717, 1.165) is 12.8 Å². The summed E-state index contributed by atoms with van der Waals surface area (Å²) in [5.41, 5.74) is 5.26. The van der Waals surface area contributed by atoms with E-state index in [1.807, 2.05) is 0 Å². The fourth-order valence-electron chi connectivity index (χ4n) is 1.70. The molecule has 1 aromatic carbocycles. The molecule has 3 N–H and O–H groups in total. The van der Waals surface area contributed by atoms with E-state index in [-0.39, 0.29) is 12.3 Å². The average Bonchev–Trinajstić information content (AvgIpc) is 3.19. The van der Waals surface area contributed by atoms with Crippen molar-refractivity contribution >= 4 is 43.5 Å². The van der Waals surface area contributed by atoms with E-state index in [1.165, 1.54) is 12.1 Å². The number of amides is 1. The quantitative estimate of drug-likeness (QED) is 0.516. The van der Waals surface area contributed by atoms with Crippen molar-refractivity contribution in [2.75, 3.05) is 6.61 Å². The van der Waals surface area contributed by atoms with Gasteiger partial charge in [0.15, 0.2) is 0 Å². The van der Waals surface area contributed by atoms with Gasteiger partial charge in [-0.15, -0.1) is 0 Å². The van der Waals surface area contributed by atoms with Crippen molar-refractivity contribution in [2.45, 2.75) is 24.9 Å². The Labute approximate surface area is 137 Å². The summed E-state index contributed by atoms with van der Waals surface area (Å²) in [7, 11) is 0. The number of carbonyl (C=O) groups is 1. The van der Waals surface area contributed by atoms with E-state index in [0.29, 0.717) is 20.7 Å². The lowest BCUT2D eigenvalue weighted by atomic mass is 10.3. The highest BCUT2D eigenvalue weighted by atomic mass is 79.9. The molecule has 0 saturated heterocycles. The molecule has 1 aliphatic rings. The van der Waals surface area contributed by atoms with Gasteiger partial charge in [-0.3, -0.25) is 14.9 Å². The molecule has 2 rings (SSSR count). The number of nitrogens with zero attached hydrogens (tertiary/aromatic N) is 1. The fourth-order valence-corrected chi connectivity index (χ4v) is 3.09. The van der Waals surface area contributed by atoms with Gasteiger partial charge in [0.1, 0.15) is 18.4 Å². The van der Waals surface area contributed by atoms with Crippen molar-refractivity contribution in [2.24, 2.45) is 5.73 Å². The molecular weight excluding hydrogens is 410 g/mol. The largest absolute Gasteiger partial charge is 0.489 e. The summed E-state index contributed by atoms with van der Waals surface area (Å²) in [5, 5.41) is 13.8. The van der Waals surface area contributed by atoms with Crippen LogP contribution in [-0.4, -0.2) is 29.5 Å². The molecule has 21 heavy (non-hydrogen) atoms. The van der Waals surface area contributed by atoms with Crippen LogP contribution >= 0.6 is 31.9 Å². The van der Waals surface area contributed by atoms with Crippen molar-refractivity contribution in [1.82, 2.24) is 5.32 Å². The van der Waals surface area contributed by atoms with Crippen LogP contribution in [0.2, 0.25) is 0 Å². The Morgan fingerprint density at radius 3 is 2.48 bits per heavy atom. The van der Waals surface area contributed by atoms with Crippen molar-refractivity contribution in [3.05, 3.63) is 31.2 Å². The van der Waals surface area contributed by atoms with Gasteiger partial charge in [-0.2, -0.15) is 0 Å². The summed E-state index contributed by atoms with van der Waals surface area (Å²) in [6, 6.07) is 2.41. The Morgan fingerprint density at radius 2 is 2.05 bits per heavy atom. The molecule has 1 atom stereocenters. The second-order valence-electron chi connectivity index (χ2n) is 4.70. The molecule has 0 spiro atoms. The first kappa shape index (κ1) is 16.2. The van der Waals surface area contributed by atoms with Crippen LogP contribution in [0.3, 0.4) is 0 Å². The second-order valence-corrected chi connectivity index (χ2v) is 6.41. The van der Waals surface area contributed by atoms with Gasteiger partial charge < -0.3 is 15.8 Å². The van der Waals surface area contributed by atoms with Gasteiger partial charge in [0.2, 0.25) is 5.91 Å². The van der Waals surface area contributed by atoms with Gasteiger partial charge in [0.05, 0.1) is 13.9 Å². The SMILES string of the molecule is NC(=O)C(COc1c(Br)cc([N+](=O)[O-])cc1Br)NC1CC1. The van der Waals surface area contributed by atoms with E-state index >= 15 is 0 Å². The lowest BCUT2D eigenvalue weighted by Gasteiger charge is -2.17. The van der Waals surface area contributed by atoms with E-state index in [4.69, 9.17) is 10.5 Å². The van der Waals surface area contributed by atoms with Gasteiger partial charge in [-0.1, -0.05) is 0 Å². The molecule has 0 radical (unpaired) electrons. The summed E-state index contributed by atoms with van der Waals surface area (Å²) in [5.74, 6) is -0.0968. The maximum absolute atomic E-state index is 11.4. The fraction of sp³-hybridized carbons (Fsp3) is 0.417. The molecular formula is C12H13Br2N3O4. The molecule has 9 heteroatoms. The van der Waals surface area contributed by atoms with E-state index in [1.54, 1.807) is 0 Å². The maximum Gasteiger partial charge on any atom is 0.271 e. The van der Waals surface area contributed by atoms with Crippen LogP contribution in [0.1, 0.15) is 12.8 Å². The first-order valence-electron chi connectivity index (χ1n) is 6.20. The Bertz CT molecular complexity index is 555. The minimum absolute atomic E-state index is 0.0564. The highest BCUT2D eigenvalue weighted by Crippen LogP contribution is 2.37. The molecule has 0 bridgehead atoms. The normalized spacial score (nSPS) is 15.5. The molecule has 0 heterocycles. The molecule has 7 nitrogen and oxygen atoms in total. The molecule has 1 fully saturated rings. The van der Waals surface area contributed by atoms with Crippen LogP contribution in [0.25, 0.3) is 0 Å². The van der Waals surface area contributed by atoms with Crippen molar-refractivity contribution in [3.63, 3.8) is 0 Å². The number of nitro groups is 1. The number of carbonyl (C=O) groups excluding carboxylic acids is 1. The number of non-ortho nitro benzene ring substituents is 1. The van der Waals surface area contributed by atoms with Crippen molar-refractivity contribution in [1.29, 1.82) is 0 Å². The number of nitrogens with one attached hydrogen (secondary N) is 1. The van der Waals surface area contributed by atoms with Crippen LogP contribution in [0.4, 0.5) is 5.69 Å². The molecule has 1 unspecified atom stereocenters. The molecule has 1 aromatic rings. The number of nitrogens with two attached hydrogens (primary N) is 1. The van der Waals surface area contributed by atoms with Crippen LogP contribution in [0.15, 0.2) is 21.1 Å². The topological polar surface area (TPSA) is 107 Å². The zero-order valence-corrected chi connectivity index (χ0v) is 14.0. The molecule has 1 amide bonds. The smallest absolute Gasteiger partial charge is 0.271 e. The lowest BCUT2D eigenvalue weighted by Crippen LogP contribution is -2.46. The van der Waals surface area contributed by atoms with Gasteiger partial charge in [-0.05, 0) is 44.7 Å². The van der Waals surface area contributed by atoms with Gasteiger partial charge in [0, 0.05) is 18.2 Å². The van der Waals surface area contributed by atoms with Gasteiger partial charge in [0.25, 0.3) is 5.69 Å². The second kappa shape index (κ2) is 6.71. The standard InChI is InChI=1S/C12H13Br2N3O4/c13-8-3-7(17(19)20)4-9(14)11(8)21-5-10(12(15)18)16-6-1-2-6/h3-4,6,10,16H,1-2,5H2,(H2,15,18). The molecule has 114 valence electrons. The number of hydrogen-bond donors (Lipinski definition) is 2. The summed E-state index contributed by atoms with van der Waals surface area (Å²) in [6.07, 6.45) is 2.05. The number of benzene rings is 1. The van der Waals surface area contributed by atoms with E-state index in [2.05, 4.69) is 37.2 Å². The monoisotopic (exact) mass is 421 g/mol. The van der Waals surface area contributed by atoms with Crippen LogP contribution in [0.5, 0.6) is 5.75 Å². The molecule has 1 aliphatic carbocycles. The zero-order chi connectivity index (χ0) is 15.6. The average molecular weight is 423 g/mol. The number of primary amides is 1. The van der Waals surface area contributed by atoms with Crippen molar-refractivity contribution < 1.29 is 14.5 Å². The summed E-state index contributed by atoms with van der Waals surface area (Å²) < 4.78 is 6.43. The maximum atomic E-state index is 11.4. The minimum Gasteiger partial charge on any atom is -0.489 e. The van der Waals surface area contributed by atoms with Crippen molar-refractivity contribution in [3.8, 4) is 5.75 Å². The first-order valence-corrected chi connectivity index (χ1v) is 7.78. The number of rotatable bonds is 7. The Hall–Kier alpha value is -1.19. The molecule has 0 aliphatic heterocycles. The van der Waals surface area contributed by atoms with Crippen LogP contribution < -0.4 is 15.8 Å². The number of hydrogen-bond acceptors (Lipinski definition) is 5. The predicted molar refractivity (Wildman–Crippen MR) is 83.1 cm³/mol. The summed E-state index contributed by atoms with van der Waals surface area (Å²) in [6.45, 7) is 0.0564. The van der Waals surface area contributed by atoms with Crippen LogP contribution in [-0.2, 0) is 4.79 Å². The molecule has 1 saturated carbocycles.